The zero-order valence-corrected chi connectivity index (χ0v) is 13.6. The van der Waals surface area contributed by atoms with Crippen molar-refractivity contribution in [3.63, 3.8) is 0 Å². The molecule has 2 aromatic carbocycles. The van der Waals surface area contributed by atoms with Gasteiger partial charge in [0.2, 0.25) is 0 Å². The molecule has 1 aliphatic heterocycles. The number of aryl methyl sites for hydroxylation is 1. The number of aliphatic hydroxyl groups excluding tert-OH is 1. The number of aliphatic hydroxyl groups is 1. The molecule has 2 atom stereocenters. The fourth-order valence-corrected chi connectivity index (χ4v) is 2.61. The molecule has 0 unspecified atom stereocenters. The van der Waals surface area contributed by atoms with Gasteiger partial charge in [0, 0.05) is 12.2 Å². The van der Waals surface area contributed by atoms with E-state index in [1.165, 1.54) is 0 Å². The first-order valence-electron chi connectivity index (χ1n) is 8.03. The summed E-state index contributed by atoms with van der Waals surface area (Å²) < 4.78 is 11.1. The summed E-state index contributed by atoms with van der Waals surface area (Å²) in [6, 6.07) is 14.3. The molecule has 0 aromatic heterocycles. The molecule has 0 saturated carbocycles. The summed E-state index contributed by atoms with van der Waals surface area (Å²) in [4.78, 5) is 12.3. The van der Waals surface area contributed by atoms with E-state index in [0.29, 0.717) is 30.9 Å². The fraction of sp³-hybridized carbons (Fsp3) is 0.316. The van der Waals surface area contributed by atoms with Gasteiger partial charge in [-0.1, -0.05) is 12.1 Å². The minimum Gasteiger partial charge on any atom is -0.457 e. The summed E-state index contributed by atoms with van der Waals surface area (Å²) in [6.07, 6.45) is -0.0274. The number of carbonyl (C=O) groups is 1. The van der Waals surface area contributed by atoms with Crippen LogP contribution in [0.15, 0.2) is 48.5 Å². The Morgan fingerprint density at radius 1 is 1.21 bits per heavy atom. The van der Waals surface area contributed by atoms with Crippen LogP contribution in [0.25, 0.3) is 0 Å². The Morgan fingerprint density at radius 3 is 2.71 bits per heavy atom. The highest BCUT2D eigenvalue weighted by Crippen LogP contribution is 2.22. The SMILES string of the molecule is Cc1cccc(Oc2ccc(C(=O)N[C@@H]3COCC[C@H]3O)cc2)c1. The van der Waals surface area contributed by atoms with Crippen LogP contribution in [0, 0.1) is 6.92 Å². The average Bonchev–Trinajstić information content (AvgIpc) is 2.57. The lowest BCUT2D eigenvalue weighted by atomic mass is 10.1. The molecule has 0 spiro atoms. The maximum Gasteiger partial charge on any atom is 0.251 e. The zero-order valence-electron chi connectivity index (χ0n) is 13.6. The lowest BCUT2D eigenvalue weighted by Gasteiger charge is -2.28. The summed E-state index contributed by atoms with van der Waals surface area (Å²) >= 11 is 0. The largest absolute Gasteiger partial charge is 0.457 e. The predicted molar refractivity (Wildman–Crippen MR) is 90.4 cm³/mol. The standard InChI is InChI=1S/C19H21NO4/c1-13-3-2-4-16(11-13)24-15-7-5-14(6-8-15)19(22)20-17-12-23-10-9-18(17)21/h2-8,11,17-18,21H,9-10,12H2,1H3,(H,20,22)/t17-,18-/m1/s1. The summed E-state index contributed by atoms with van der Waals surface area (Å²) in [5.41, 5.74) is 1.64. The minimum absolute atomic E-state index is 0.230. The lowest BCUT2D eigenvalue weighted by molar-refractivity contribution is -0.0140. The Bertz CT molecular complexity index is 699. The van der Waals surface area contributed by atoms with Crippen molar-refractivity contribution in [1.82, 2.24) is 5.32 Å². The summed E-state index contributed by atoms with van der Waals surface area (Å²) in [5, 5.41) is 12.7. The molecule has 0 radical (unpaired) electrons. The summed E-state index contributed by atoms with van der Waals surface area (Å²) in [6.45, 7) is 2.86. The van der Waals surface area contributed by atoms with Gasteiger partial charge in [-0.15, -0.1) is 0 Å². The number of nitrogens with one attached hydrogen (secondary N) is 1. The maximum absolute atomic E-state index is 12.3. The molecule has 2 N–H and O–H groups in total. The van der Waals surface area contributed by atoms with Crippen LogP contribution in [0.5, 0.6) is 11.5 Å². The van der Waals surface area contributed by atoms with Crippen LogP contribution in [-0.4, -0.2) is 36.4 Å². The van der Waals surface area contributed by atoms with Crippen molar-refractivity contribution < 1.29 is 19.4 Å². The van der Waals surface area contributed by atoms with Crippen LogP contribution in [0.4, 0.5) is 0 Å². The number of amides is 1. The highest BCUT2D eigenvalue weighted by atomic mass is 16.5. The molecule has 1 heterocycles. The normalized spacial score (nSPS) is 20.4. The van der Waals surface area contributed by atoms with Gasteiger partial charge in [0.15, 0.2) is 0 Å². The smallest absolute Gasteiger partial charge is 0.251 e. The third kappa shape index (κ3) is 4.13. The average molecular weight is 327 g/mol. The van der Waals surface area contributed by atoms with Crippen molar-refractivity contribution in [2.45, 2.75) is 25.5 Å². The third-order valence-corrected chi connectivity index (χ3v) is 3.98. The van der Waals surface area contributed by atoms with E-state index in [1.807, 2.05) is 31.2 Å². The maximum atomic E-state index is 12.3. The van der Waals surface area contributed by atoms with Crippen LogP contribution in [0.2, 0.25) is 0 Å². The molecule has 3 rings (SSSR count). The molecular formula is C19H21NO4. The molecular weight excluding hydrogens is 306 g/mol. The number of hydrogen-bond acceptors (Lipinski definition) is 4. The Hall–Kier alpha value is -2.37. The molecule has 5 heteroatoms. The summed E-state index contributed by atoms with van der Waals surface area (Å²) in [5.74, 6) is 1.19. The van der Waals surface area contributed by atoms with E-state index in [9.17, 15) is 9.90 Å². The molecule has 0 aliphatic carbocycles. The van der Waals surface area contributed by atoms with Gasteiger partial charge in [-0.05, 0) is 55.3 Å². The second-order valence-electron chi connectivity index (χ2n) is 5.95. The van der Waals surface area contributed by atoms with Crippen LogP contribution < -0.4 is 10.1 Å². The van der Waals surface area contributed by atoms with Crippen molar-refractivity contribution in [3.8, 4) is 11.5 Å². The van der Waals surface area contributed by atoms with Gasteiger partial charge in [-0.25, -0.2) is 0 Å². The molecule has 2 aromatic rings. The Balaban J connectivity index is 1.62. The van der Waals surface area contributed by atoms with Gasteiger partial charge in [-0.3, -0.25) is 4.79 Å². The molecule has 1 aliphatic rings. The van der Waals surface area contributed by atoms with Crippen LogP contribution >= 0.6 is 0 Å². The van der Waals surface area contributed by atoms with Crippen LogP contribution in [-0.2, 0) is 4.74 Å². The lowest BCUT2D eigenvalue weighted by Crippen LogP contribution is -2.49. The second-order valence-corrected chi connectivity index (χ2v) is 5.95. The van der Waals surface area contributed by atoms with Crippen LogP contribution in [0.1, 0.15) is 22.3 Å². The molecule has 1 fully saturated rings. The number of carbonyl (C=O) groups excluding carboxylic acids is 1. The molecule has 5 nitrogen and oxygen atoms in total. The first-order chi connectivity index (χ1) is 11.6. The Kier molecular flexibility index (Phi) is 5.13. The highest BCUT2D eigenvalue weighted by Gasteiger charge is 2.25. The van der Waals surface area contributed by atoms with E-state index in [4.69, 9.17) is 9.47 Å². The van der Waals surface area contributed by atoms with Crippen molar-refractivity contribution in [1.29, 1.82) is 0 Å². The second kappa shape index (κ2) is 7.47. The molecule has 0 bridgehead atoms. The summed E-state index contributed by atoms with van der Waals surface area (Å²) in [7, 11) is 0. The number of ether oxygens (including phenoxy) is 2. The van der Waals surface area contributed by atoms with Crippen molar-refractivity contribution in [3.05, 3.63) is 59.7 Å². The Labute approximate surface area is 141 Å². The zero-order chi connectivity index (χ0) is 16.9. The van der Waals surface area contributed by atoms with Gasteiger partial charge in [0.1, 0.15) is 11.5 Å². The van der Waals surface area contributed by atoms with E-state index in [1.54, 1.807) is 24.3 Å². The van der Waals surface area contributed by atoms with Gasteiger partial charge >= 0.3 is 0 Å². The van der Waals surface area contributed by atoms with E-state index < -0.39 is 6.10 Å². The highest BCUT2D eigenvalue weighted by molar-refractivity contribution is 5.94. The quantitative estimate of drug-likeness (QED) is 0.906. The number of hydrogen-bond donors (Lipinski definition) is 2. The van der Waals surface area contributed by atoms with Crippen LogP contribution in [0.3, 0.4) is 0 Å². The molecule has 1 amide bonds. The van der Waals surface area contributed by atoms with Gasteiger partial charge < -0.3 is 19.9 Å². The molecule has 24 heavy (non-hydrogen) atoms. The first-order valence-corrected chi connectivity index (χ1v) is 8.03. The fourth-order valence-electron chi connectivity index (χ4n) is 2.61. The molecule has 1 saturated heterocycles. The monoisotopic (exact) mass is 327 g/mol. The number of rotatable bonds is 4. The minimum atomic E-state index is -0.563. The molecule has 126 valence electrons. The van der Waals surface area contributed by atoms with E-state index in [0.717, 1.165) is 11.3 Å². The Morgan fingerprint density at radius 2 is 2.00 bits per heavy atom. The first kappa shape index (κ1) is 16.5. The van der Waals surface area contributed by atoms with E-state index >= 15 is 0 Å². The third-order valence-electron chi connectivity index (χ3n) is 3.98. The van der Waals surface area contributed by atoms with E-state index in [-0.39, 0.29) is 11.9 Å². The topological polar surface area (TPSA) is 67.8 Å². The predicted octanol–water partition coefficient (Wildman–Crippen LogP) is 2.67. The van der Waals surface area contributed by atoms with Crippen molar-refractivity contribution >= 4 is 5.91 Å². The van der Waals surface area contributed by atoms with E-state index in [2.05, 4.69) is 5.32 Å². The van der Waals surface area contributed by atoms with Gasteiger partial charge in [0.25, 0.3) is 5.91 Å². The van der Waals surface area contributed by atoms with Crippen molar-refractivity contribution in [2.24, 2.45) is 0 Å². The van der Waals surface area contributed by atoms with Gasteiger partial charge in [0.05, 0.1) is 18.8 Å². The van der Waals surface area contributed by atoms with Crippen molar-refractivity contribution in [2.75, 3.05) is 13.2 Å². The number of benzene rings is 2. The van der Waals surface area contributed by atoms with Gasteiger partial charge in [-0.2, -0.15) is 0 Å².